The summed E-state index contributed by atoms with van der Waals surface area (Å²) in [6, 6.07) is 8.78. The molecule has 2 aliphatic rings. The number of primary amides is 1. The second-order valence-corrected chi connectivity index (χ2v) is 13.2. The molecule has 1 atom stereocenters. The summed E-state index contributed by atoms with van der Waals surface area (Å²) < 4.78 is 72.8. The maximum Gasteiger partial charge on any atom is 0.416 e. The number of nitrogens with one attached hydrogen (secondary N) is 1. The van der Waals surface area contributed by atoms with Crippen molar-refractivity contribution in [2.45, 2.75) is 54.1 Å². The fourth-order valence-electron chi connectivity index (χ4n) is 4.92. The van der Waals surface area contributed by atoms with Gasteiger partial charge >= 0.3 is 6.18 Å². The average Bonchev–Trinajstić information content (AvgIpc) is 3.38. The van der Waals surface area contributed by atoms with E-state index in [1.54, 1.807) is 37.5 Å². The highest BCUT2D eigenvalue weighted by atomic mass is 32.2. The molecule has 1 aromatic heterocycles. The third-order valence-electron chi connectivity index (χ3n) is 7.17. The minimum absolute atomic E-state index is 0.0910. The quantitative estimate of drug-likeness (QED) is 0.440. The Balaban J connectivity index is 1.30. The van der Waals surface area contributed by atoms with Gasteiger partial charge in [-0.15, -0.1) is 11.3 Å². The van der Waals surface area contributed by atoms with Gasteiger partial charge < -0.3 is 15.8 Å². The number of alkyl halides is 3. The Bertz CT molecular complexity index is 1350. The van der Waals surface area contributed by atoms with Crippen LogP contribution in [0.1, 0.15) is 35.3 Å². The molecule has 1 aliphatic heterocycles. The van der Waals surface area contributed by atoms with E-state index in [0.717, 1.165) is 10.9 Å². The molecular formula is C27H32F3N3O4S2. The third kappa shape index (κ3) is 7.17. The Kier molecular flexibility index (Phi) is 9.01. The van der Waals surface area contributed by atoms with Crippen LogP contribution in [0.4, 0.5) is 13.2 Å². The molecule has 0 saturated carbocycles. The molecule has 212 valence electrons. The number of sulfonamides is 1. The minimum atomic E-state index is -4.37. The number of nitrogens with zero attached hydrogens (tertiary/aromatic N) is 1. The van der Waals surface area contributed by atoms with E-state index >= 15 is 0 Å². The highest BCUT2D eigenvalue weighted by Crippen LogP contribution is 2.35. The lowest BCUT2D eigenvalue weighted by Crippen LogP contribution is -2.45. The Hall–Kier alpha value is -2.51. The molecule has 1 saturated heterocycles. The molecule has 3 N–H and O–H groups in total. The zero-order chi connectivity index (χ0) is 28.3. The van der Waals surface area contributed by atoms with E-state index < -0.39 is 33.3 Å². The molecule has 39 heavy (non-hydrogen) atoms. The predicted molar refractivity (Wildman–Crippen MR) is 144 cm³/mol. The van der Waals surface area contributed by atoms with Gasteiger partial charge in [-0.05, 0) is 49.6 Å². The zero-order valence-electron chi connectivity index (χ0n) is 21.5. The highest BCUT2D eigenvalue weighted by molar-refractivity contribution is 7.91. The Morgan fingerprint density at radius 3 is 2.64 bits per heavy atom. The lowest BCUT2D eigenvalue weighted by atomic mass is 9.86. The molecule has 0 radical (unpaired) electrons. The molecule has 0 spiro atoms. The average molecular weight is 584 g/mol. The van der Waals surface area contributed by atoms with Gasteiger partial charge in [-0.25, -0.2) is 8.42 Å². The molecule has 12 heteroatoms. The Morgan fingerprint density at radius 2 is 1.97 bits per heavy atom. The Morgan fingerprint density at radius 1 is 1.23 bits per heavy atom. The van der Waals surface area contributed by atoms with E-state index in [9.17, 15) is 26.4 Å². The number of amides is 1. The van der Waals surface area contributed by atoms with Crippen molar-refractivity contribution in [3.63, 3.8) is 0 Å². The van der Waals surface area contributed by atoms with Gasteiger partial charge in [-0.2, -0.15) is 17.5 Å². The van der Waals surface area contributed by atoms with Crippen LogP contribution < -0.4 is 11.1 Å². The van der Waals surface area contributed by atoms with E-state index in [0.29, 0.717) is 62.9 Å². The SMILES string of the molecule is COC1(Cc2ccc(S(=O)(=O)N3CCC(NCCc4cccc(C(F)(F)F)c4)CC3)s2)C=CC=C(C(N)=O)C1. The lowest BCUT2D eigenvalue weighted by Gasteiger charge is -2.32. The number of carbonyl (C=O) groups excluding carboxylic acids is 1. The van der Waals surface area contributed by atoms with Gasteiger partial charge in [0.05, 0.1) is 11.2 Å². The standard InChI is InChI=1S/C27H32F3N3O4S2/c1-37-26(12-3-5-20(17-26)25(31)34)18-23-7-8-24(38-23)39(35,36)33-14-10-22(11-15-33)32-13-9-19-4-2-6-21(16-19)27(28,29)30/h2-8,12,16,22,32H,9-11,13-15,17-18H2,1H3,(H2,31,34). The number of hydrogen-bond acceptors (Lipinski definition) is 6. The van der Waals surface area contributed by atoms with E-state index in [-0.39, 0.29) is 10.3 Å². The molecule has 1 aromatic carbocycles. The van der Waals surface area contributed by atoms with Crippen LogP contribution >= 0.6 is 11.3 Å². The number of nitrogens with two attached hydrogens (primary N) is 1. The minimum Gasteiger partial charge on any atom is -0.373 e. The maximum absolute atomic E-state index is 13.3. The number of halogens is 3. The molecule has 2 aromatic rings. The molecule has 7 nitrogen and oxygen atoms in total. The number of hydrogen-bond donors (Lipinski definition) is 2. The number of methoxy groups -OCH3 is 1. The number of carbonyl (C=O) groups is 1. The summed E-state index contributed by atoms with van der Waals surface area (Å²) in [6.07, 6.45) is 3.28. The largest absolute Gasteiger partial charge is 0.416 e. The molecule has 1 unspecified atom stereocenters. The molecule has 0 bridgehead atoms. The lowest BCUT2D eigenvalue weighted by molar-refractivity contribution is -0.137. The summed E-state index contributed by atoms with van der Waals surface area (Å²) in [4.78, 5) is 12.5. The fraction of sp³-hybridized carbons (Fsp3) is 0.444. The van der Waals surface area contributed by atoms with Crippen LogP contribution in [0.2, 0.25) is 0 Å². The van der Waals surface area contributed by atoms with Crippen molar-refractivity contribution in [3.8, 4) is 0 Å². The zero-order valence-corrected chi connectivity index (χ0v) is 23.2. The number of piperidine rings is 1. The fourth-order valence-corrected chi connectivity index (χ4v) is 8.01. The number of benzene rings is 1. The van der Waals surface area contributed by atoms with Gasteiger partial charge in [0.2, 0.25) is 5.91 Å². The maximum atomic E-state index is 13.3. The van der Waals surface area contributed by atoms with Gasteiger partial charge in [-0.1, -0.05) is 36.4 Å². The highest BCUT2D eigenvalue weighted by Gasteiger charge is 2.35. The van der Waals surface area contributed by atoms with Crippen LogP contribution in [0.15, 0.2) is 64.4 Å². The molecule has 1 fully saturated rings. The van der Waals surface area contributed by atoms with Crippen LogP contribution in [0.25, 0.3) is 0 Å². The van der Waals surface area contributed by atoms with E-state index in [1.807, 2.05) is 6.08 Å². The summed E-state index contributed by atoms with van der Waals surface area (Å²) in [5, 5.41) is 3.35. The van der Waals surface area contributed by atoms with Gasteiger partial charge in [-0.3, -0.25) is 4.79 Å². The first-order valence-corrected chi connectivity index (χ1v) is 14.9. The van der Waals surface area contributed by atoms with Crippen LogP contribution in [-0.4, -0.2) is 57.0 Å². The second kappa shape index (κ2) is 11.9. The van der Waals surface area contributed by atoms with Crippen molar-refractivity contribution < 1.29 is 31.1 Å². The first-order valence-electron chi connectivity index (χ1n) is 12.6. The van der Waals surface area contributed by atoms with Gasteiger partial charge in [0, 0.05) is 49.5 Å². The summed E-state index contributed by atoms with van der Waals surface area (Å²) in [5.74, 6) is -0.510. The predicted octanol–water partition coefficient (Wildman–Crippen LogP) is 4.05. The van der Waals surface area contributed by atoms with E-state index in [1.165, 1.54) is 27.8 Å². The molecule has 4 rings (SSSR count). The number of allylic oxidation sites excluding steroid dienone is 2. The summed E-state index contributed by atoms with van der Waals surface area (Å²) in [5.41, 5.74) is 5.07. The molecule has 1 amide bonds. The third-order valence-corrected chi connectivity index (χ3v) is 10.6. The second-order valence-electron chi connectivity index (χ2n) is 9.84. The number of rotatable bonds is 10. The van der Waals surface area contributed by atoms with Gasteiger partial charge in [0.25, 0.3) is 10.0 Å². The summed E-state index contributed by atoms with van der Waals surface area (Å²) >= 11 is 1.19. The van der Waals surface area contributed by atoms with Crippen LogP contribution in [0.5, 0.6) is 0 Å². The van der Waals surface area contributed by atoms with Crippen molar-refractivity contribution in [1.29, 1.82) is 0 Å². The first kappa shape index (κ1) is 29.5. The van der Waals surface area contributed by atoms with Gasteiger partial charge in [0.15, 0.2) is 0 Å². The van der Waals surface area contributed by atoms with Crippen molar-refractivity contribution in [3.05, 3.63) is 76.2 Å². The monoisotopic (exact) mass is 583 g/mol. The summed E-state index contributed by atoms with van der Waals surface area (Å²) in [6.45, 7) is 1.22. The smallest absolute Gasteiger partial charge is 0.373 e. The normalized spacial score (nSPS) is 21.2. The number of thiophene rings is 1. The molecule has 1 aliphatic carbocycles. The van der Waals surface area contributed by atoms with Crippen LogP contribution in [0, 0.1) is 0 Å². The van der Waals surface area contributed by atoms with E-state index in [2.05, 4.69) is 5.32 Å². The molecular weight excluding hydrogens is 551 g/mol. The van der Waals surface area contributed by atoms with Crippen LogP contribution in [-0.2, 0) is 38.6 Å². The summed E-state index contributed by atoms with van der Waals surface area (Å²) in [7, 11) is -2.11. The first-order chi connectivity index (χ1) is 18.4. The van der Waals surface area contributed by atoms with Crippen molar-refractivity contribution in [1.82, 2.24) is 9.62 Å². The number of ether oxygens (including phenoxy) is 1. The Labute approximate surface area is 230 Å². The van der Waals surface area contributed by atoms with E-state index in [4.69, 9.17) is 10.5 Å². The van der Waals surface area contributed by atoms with Crippen molar-refractivity contribution >= 4 is 27.3 Å². The van der Waals surface area contributed by atoms with Gasteiger partial charge in [0.1, 0.15) is 4.21 Å². The van der Waals surface area contributed by atoms with Crippen molar-refractivity contribution in [2.24, 2.45) is 5.73 Å². The van der Waals surface area contributed by atoms with Crippen LogP contribution in [0.3, 0.4) is 0 Å². The molecule has 2 heterocycles. The topological polar surface area (TPSA) is 102 Å². The van der Waals surface area contributed by atoms with Crippen molar-refractivity contribution in [2.75, 3.05) is 26.7 Å².